The summed E-state index contributed by atoms with van der Waals surface area (Å²) in [5, 5.41) is 8.83. The number of aromatic nitrogens is 1. The molecule has 0 atom stereocenters. The molecule has 0 unspecified atom stereocenters. The number of fused-ring (bicyclic) bond motifs is 3. The average molecular weight is 396 g/mol. The van der Waals surface area contributed by atoms with Gasteiger partial charge in [0.05, 0.1) is 5.69 Å². The van der Waals surface area contributed by atoms with Crippen molar-refractivity contribution in [2.24, 2.45) is 0 Å². The summed E-state index contributed by atoms with van der Waals surface area (Å²) in [4.78, 5) is 16.8. The summed E-state index contributed by atoms with van der Waals surface area (Å²) in [7, 11) is 0. The van der Waals surface area contributed by atoms with Crippen molar-refractivity contribution >= 4 is 35.1 Å². The molecule has 1 heterocycles. The molecule has 0 aliphatic heterocycles. The summed E-state index contributed by atoms with van der Waals surface area (Å²) in [6.07, 6.45) is 5.02. The van der Waals surface area contributed by atoms with Gasteiger partial charge in [-0.2, -0.15) is 0 Å². The van der Waals surface area contributed by atoms with Crippen LogP contribution in [0.3, 0.4) is 0 Å². The number of benzene rings is 2. The van der Waals surface area contributed by atoms with Crippen LogP contribution in [0.4, 0.5) is 0 Å². The van der Waals surface area contributed by atoms with Crippen LogP contribution >= 0.6 is 23.1 Å². The van der Waals surface area contributed by atoms with Crippen LogP contribution in [-0.2, 0) is 11.2 Å². The van der Waals surface area contributed by atoms with Crippen LogP contribution in [-0.4, -0.2) is 28.4 Å². The average Bonchev–Trinajstić information content (AvgIpc) is 3.22. The highest BCUT2D eigenvalue weighted by Crippen LogP contribution is 2.45. The van der Waals surface area contributed by atoms with Gasteiger partial charge >= 0.3 is 5.97 Å². The molecule has 4 nitrogen and oxygen atoms in total. The number of hydrogen-bond acceptors (Lipinski definition) is 5. The van der Waals surface area contributed by atoms with Crippen LogP contribution in [0, 0.1) is 0 Å². The molecular weight excluding hydrogens is 378 g/mol. The zero-order valence-corrected chi connectivity index (χ0v) is 16.1. The van der Waals surface area contributed by atoms with Gasteiger partial charge in [-0.25, -0.2) is 9.78 Å². The molecule has 1 aliphatic carbocycles. The lowest BCUT2D eigenvalue weighted by Crippen LogP contribution is -2.10. The van der Waals surface area contributed by atoms with Crippen LogP contribution in [0.15, 0.2) is 58.9 Å². The zero-order chi connectivity index (χ0) is 18.6. The quantitative estimate of drug-likeness (QED) is 0.447. The van der Waals surface area contributed by atoms with E-state index in [0.29, 0.717) is 5.75 Å². The fraction of sp³-hybridized carbons (Fsp3) is 0.143. The van der Waals surface area contributed by atoms with E-state index in [1.807, 2.05) is 36.4 Å². The summed E-state index contributed by atoms with van der Waals surface area (Å²) < 4.78 is 6.48. The zero-order valence-electron chi connectivity index (χ0n) is 14.4. The number of thioether (sulfide) groups is 1. The van der Waals surface area contributed by atoms with E-state index >= 15 is 0 Å². The number of carboxylic acid groups (broad SMARTS) is 1. The Morgan fingerprint density at radius 2 is 2.07 bits per heavy atom. The Balaban J connectivity index is 1.44. The summed E-state index contributed by atoms with van der Waals surface area (Å²) in [6, 6.07) is 16.0. The summed E-state index contributed by atoms with van der Waals surface area (Å²) in [6.45, 7) is -0.327. The number of rotatable bonds is 7. The van der Waals surface area contributed by atoms with Gasteiger partial charge in [0.1, 0.15) is 5.75 Å². The molecule has 0 saturated heterocycles. The Morgan fingerprint density at radius 1 is 1.22 bits per heavy atom. The Bertz CT molecular complexity index is 996. The van der Waals surface area contributed by atoms with Gasteiger partial charge in [-0.05, 0) is 11.6 Å². The van der Waals surface area contributed by atoms with Crippen molar-refractivity contribution in [2.45, 2.75) is 10.8 Å². The first-order chi connectivity index (χ1) is 13.2. The first-order valence-electron chi connectivity index (χ1n) is 8.51. The number of carboxylic acids is 1. The third-order valence-corrected chi connectivity index (χ3v) is 6.32. The van der Waals surface area contributed by atoms with Gasteiger partial charge in [-0.1, -0.05) is 66.4 Å². The number of hydrogen-bond donors (Lipinski definition) is 1. The first-order valence-corrected chi connectivity index (χ1v) is 10.3. The molecule has 0 bridgehead atoms. The van der Waals surface area contributed by atoms with E-state index in [4.69, 9.17) is 14.8 Å². The van der Waals surface area contributed by atoms with Crippen molar-refractivity contribution in [3.8, 4) is 17.0 Å². The van der Waals surface area contributed by atoms with E-state index < -0.39 is 5.97 Å². The summed E-state index contributed by atoms with van der Waals surface area (Å²) >= 11 is 3.43. The second-order valence-corrected chi connectivity index (χ2v) is 8.37. The van der Waals surface area contributed by atoms with Crippen molar-refractivity contribution in [1.29, 1.82) is 0 Å². The van der Waals surface area contributed by atoms with Crippen LogP contribution in [0.1, 0.15) is 16.0 Å². The lowest BCUT2D eigenvalue weighted by Gasteiger charge is -2.08. The third kappa shape index (κ3) is 4.07. The molecule has 136 valence electrons. The first kappa shape index (κ1) is 17.8. The van der Waals surface area contributed by atoms with Gasteiger partial charge < -0.3 is 9.84 Å². The van der Waals surface area contributed by atoms with Crippen molar-refractivity contribution < 1.29 is 14.6 Å². The smallest absolute Gasteiger partial charge is 0.341 e. The number of aliphatic carboxylic acids is 1. The minimum absolute atomic E-state index is 0.327. The molecule has 0 spiro atoms. The Morgan fingerprint density at radius 3 is 2.89 bits per heavy atom. The molecule has 0 radical (unpaired) electrons. The predicted molar refractivity (Wildman–Crippen MR) is 110 cm³/mol. The highest BCUT2D eigenvalue weighted by Gasteiger charge is 2.26. The second-order valence-electron chi connectivity index (χ2n) is 6.02. The minimum Gasteiger partial charge on any atom is -0.482 e. The Hall–Kier alpha value is -2.57. The van der Waals surface area contributed by atoms with E-state index in [1.54, 1.807) is 23.1 Å². The molecule has 6 heteroatoms. The van der Waals surface area contributed by atoms with Crippen molar-refractivity contribution in [2.75, 3.05) is 12.4 Å². The Kier molecular flexibility index (Phi) is 5.27. The molecule has 3 aromatic rings. The Labute approximate surface area is 165 Å². The van der Waals surface area contributed by atoms with Crippen LogP contribution < -0.4 is 4.74 Å². The minimum atomic E-state index is -0.972. The number of carbonyl (C=O) groups is 1. The van der Waals surface area contributed by atoms with Crippen LogP contribution in [0.25, 0.3) is 17.3 Å². The largest absolute Gasteiger partial charge is 0.482 e. The molecule has 0 fully saturated rings. The second kappa shape index (κ2) is 7.98. The van der Waals surface area contributed by atoms with Crippen molar-refractivity contribution in [3.63, 3.8) is 0 Å². The van der Waals surface area contributed by atoms with Gasteiger partial charge in [-0.15, -0.1) is 11.3 Å². The molecule has 2 aromatic carbocycles. The molecule has 1 aromatic heterocycles. The molecule has 1 aliphatic rings. The van der Waals surface area contributed by atoms with Gasteiger partial charge in [0, 0.05) is 28.2 Å². The maximum absolute atomic E-state index is 10.8. The molecular formula is C21H17NO3S2. The standard InChI is InChI=1S/C21H17NO3S2/c23-19(24)13-25-17-10-4-9-15-16(17)12-18-20(15)22-21(27-18)26-11-5-8-14-6-2-1-3-7-14/h1-10H,11-13H2,(H,23,24). The van der Waals surface area contributed by atoms with E-state index in [0.717, 1.165) is 33.3 Å². The molecule has 0 saturated carbocycles. The van der Waals surface area contributed by atoms with Crippen molar-refractivity contribution in [1.82, 2.24) is 4.98 Å². The lowest BCUT2D eigenvalue weighted by atomic mass is 10.1. The number of nitrogens with zero attached hydrogens (tertiary/aromatic N) is 1. The maximum Gasteiger partial charge on any atom is 0.341 e. The van der Waals surface area contributed by atoms with Gasteiger partial charge in [0.2, 0.25) is 0 Å². The highest BCUT2D eigenvalue weighted by molar-refractivity contribution is 8.01. The SMILES string of the molecule is O=C(O)COc1cccc2c1Cc1sc(SCC=Cc3ccccc3)nc1-2. The lowest BCUT2D eigenvalue weighted by molar-refractivity contribution is -0.139. The summed E-state index contributed by atoms with van der Waals surface area (Å²) in [5.41, 5.74) is 4.29. The number of ether oxygens (including phenoxy) is 1. The van der Waals surface area contributed by atoms with Gasteiger partial charge in [-0.3, -0.25) is 0 Å². The fourth-order valence-corrected chi connectivity index (χ4v) is 5.04. The predicted octanol–water partition coefficient (Wildman–Crippen LogP) is 4.98. The molecule has 27 heavy (non-hydrogen) atoms. The maximum atomic E-state index is 10.8. The van der Waals surface area contributed by atoms with Gasteiger partial charge in [0.15, 0.2) is 10.9 Å². The third-order valence-electron chi connectivity index (χ3n) is 4.17. The molecule has 4 rings (SSSR count). The van der Waals surface area contributed by atoms with Gasteiger partial charge in [0.25, 0.3) is 0 Å². The molecule has 1 N–H and O–H groups in total. The van der Waals surface area contributed by atoms with E-state index in [1.165, 1.54) is 10.4 Å². The van der Waals surface area contributed by atoms with Crippen molar-refractivity contribution in [3.05, 3.63) is 70.6 Å². The van der Waals surface area contributed by atoms with E-state index in [9.17, 15) is 4.79 Å². The summed E-state index contributed by atoms with van der Waals surface area (Å²) in [5.74, 6) is 0.538. The van der Waals surface area contributed by atoms with E-state index in [-0.39, 0.29) is 6.61 Å². The monoisotopic (exact) mass is 395 g/mol. The normalized spacial score (nSPS) is 12.1. The fourth-order valence-electron chi connectivity index (χ4n) is 3.00. The van der Waals surface area contributed by atoms with E-state index in [2.05, 4.69) is 24.3 Å². The highest BCUT2D eigenvalue weighted by atomic mass is 32.2. The van der Waals surface area contributed by atoms with Crippen LogP contribution in [0.5, 0.6) is 5.75 Å². The topological polar surface area (TPSA) is 59.4 Å². The van der Waals surface area contributed by atoms with Crippen LogP contribution in [0.2, 0.25) is 0 Å². The number of thiazole rings is 1. The molecule has 0 amide bonds.